The second kappa shape index (κ2) is 6.78. The minimum atomic E-state index is -0.192. The Balaban J connectivity index is 2.25. The summed E-state index contributed by atoms with van der Waals surface area (Å²) in [4.78, 5) is 12.4. The molecule has 0 atom stereocenters. The SMILES string of the molecule is CCCOc1ccc(C(=O)c2c(Cl)cccc2Cl)cc1. The molecule has 4 heteroatoms. The van der Waals surface area contributed by atoms with Gasteiger partial charge >= 0.3 is 0 Å². The number of carbonyl (C=O) groups is 1. The molecule has 0 amide bonds. The predicted octanol–water partition coefficient (Wildman–Crippen LogP) is 5.01. The molecule has 0 spiro atoms. The number of rotatable bonds is 5. The van der Waals surface area contributed by atoms with Gasteiger partial charge in [-0.2, -0.15) is 0 Å². The maximum Gasteiger partial charge on any atom is 0.196 e. The third-order valence-electron chi connectivity index (χ3n) is 2.78. The van der Waals surface area contributed by atoms with E-state index in [4.69, 9.17) is 27.9 Å². The number of halogens is 2. The second-order valence-corrected chi connectivity index (χ2v) is 5.11. The average molecular weight is 309 g/mol. The van der Waals surface area contributed by atoms with E-state index in [9.17, 15) is 4.79 Å². The van der Waals surface area contributed by atoms with Crippen molar-refractivity contribution in [3.05, 3.63) is 63.6 Å². The molecule has 2 nitrogen and oxygen atoms in total. The molecule has 0 aliphatic rings. The number of ether oxygens (including phenoxy) is 1. The molecule has 104 valence electrons. The van der Waals surface area contributed by atoms with Crippen molar-refractivity contribution in [3.8, 4) is 5.75 Å². The van der Waals surface area contributed by atoms with Crippen molar-refractivity contribution < 1.29 is 9.53 Å². The highest BCUT2D eigenvalue weighted by Gasteiger charge is 2.16. The lowest BCUT2D eigenvalue weighted by Crippen LogP contribution is -2.03. The van der Waals surface area contributed by atoms with Gasteiger partial charge in [0.25, 0.3) is 0 Å². The van der Waals surface area contributed by atoms with Gasteiger partial charge in [-0.25, -0.2) is 0 Å². The standard InChI is InChI=1S/C16H14Cl2O2/c1-2-10-20-12-8-6-11(7-9-12)16(19)15-13(17)4-3-5-14(15)18/h3-9H,2,10H2,1H3. The van der Waals surface area contributed by atoms with Crippen molar-refractivity contribution in [2.45, 2.75) is 13.3 Å². The van der Waals surface area contributed by atoms with Gasteiger partial charge in [0, 0.05) is 5.56 Å². The topological polar surface area (TPSA) is 26.3 Å². The van der Waals surface area contributed by atoms with E-state index in [0.717, 1.165) is 12.2 Å². The first-order chi connectivity index (χ1) is 9.63. The Morgan fingerprint density at radius 1 is 1.05 bits per heavy atom. The van der Waals surface area contributed by atoms with Crippen molar-refractivity contribution >= 4 is 29.0 Å². The first-order valence-electron chi connectivity index (χ1n) is 6.35. The van der Waals surface area contributed by atoms with Gasteiger partial charge in [-0.3, -0.25) is 4.79 Å². The van der Waals surface area contributed by atoms with Crippen LogP contribution in [0.4, 0.5) is 0 Å². The predicted molar refractivity (Wildman–Crippen MR) is 82.1 cm³/mol. The van der Waals surface area contributed by atoms with Gasteiger partial charge in [-0.1, -0.05) is 36.2 Å². The molecule has 2 aromatic rings. The van der Waals surface area contributed by atoms with Gasteiger partial charge in [0.15, 0.2) is 5.78 Å². The molecule has 0 saturated carbocycles. The number of benzene rings is 2. The molecule has 0 saturated heterocycles. The average Bonchev–Trinajstić information content (AvgIpc) is 2.45. The molecular weight excluding hydrogens is 295 g/mol. The van der Waals surface area contributed by atoms with Crippen LogP contribution in [0.25, 0.3) is 0 Å². The van der Waals surface area contributed by atoms with Crippen molar-refractivity contribution in [1.29, 1.82) is 0 Å². The Morgan fingerprint density at radius 3 is 2.20 bits per heavy atom. The van der Waals surface area contributed by atoms with Crippen LogP contribution >= 0.6 is 23.2 Å². The van der Waals surface area contributed by atoms with Gasteiger partial charge in [0.05, 0.1) is 22.2 Å². The summed E-state index contributed by atoms with van der Waals surface area (Å²) >= 11 is 12.1. The first-order valence-corrected chi connectivity index (χ1v) is 7.10. The van der Waals surface area contributed by atoms with Crippen molar-refractivity contribution in [1.82, 2.24) is 0 Å². The number of ketones is 1. The summed E-state index contributed by atoms with van der Waals surface area (Å²) in [6.07, 6.45) is 0.940. The number of hydrogen-bond acceptors (Lipinski definition) is 2. The Labute approximate surface area is 128 Å². The summed E-state index contributed by atoms with van der Waals surface area (Å²) in [5, 5.41) is 0.711. The fourth-order valence-electron chi connectivity index (χ4n) is 1.78. The van der Waals surface area contributed by atoms with Crippen LogP contribution in [-0.4, -0.2) is 12.4 Å². The molecule has 2 aromatic carbocycles. The van der Waals surface area contributed by atoms with Crippen LogP contribution in [0, 0.1) is 0 Å². The molecule has 0 aliphatic carbocycles. The van der Waals surface area contributed by atoms with Crippen LogP contribution in [0.2, 0.25) is 10.0 Å². The first kappa shape index (κ1) is 14.9. The summed E-state index contributed by atoms with van der Waals surface area (Å²) in [5.74, 6) is 0.552. The van der Waals surface area contributed by atoms with Gasteiger partial charge in [-0.05, 0) is 42.8 Å². The third-order valence-corrected chi connectivity index (χ3v) is 3.41. The minimum Gasteiger partial charge on any atom is -0.494 e. The Hall–Kier alpha value is -1.51. The highest BCUT2D eigenvalue weighted by Crippen LogP contribution is 2.27. The zero-order valence-electron chi connectivity index (χ0n) is 11.0. The minimum absolute atomic E-state index is 0.192. The van der Waals surface area contributed by atoms with Crippen LogP contribution in [0.1, 0.15) is 29.3 Å². The molecule has 20 heavy (non-hydrogen) atoms. The highest BCUT2D eigenvalue weighted by atomic mass is 35.5. The van der Waals surface area contributed by atoms with Crippen molar-refractivity contribution in [3.63, 3.8) is 0 Å². The molecule has 0 bridgehead atoms. The monoisotopic (exact) mass is 308 g/mol. The fraction of sp³-hybridized carbons (Fsp3) is 0.188. The summed E-state index contributed by atoms with van der Waals surface area (Å²) in [5.41, 5.74) is 0.863. The zero-order valence-corrected chi connectivity index (χ0v) is 12.5. The normalized spacial score (nSPS) is 10.3. The van der Waals surface area contributed by atoms with Gasteiger partial charge < -0.3 is 4.74 Å². The lowest BCUT2D eigenvalue weighted by Gasteiger charge is -2.08. The van der Waals surface area contributed by atoms with E-state index in [1.54, 1.807) is 42.5 Å². The molecule has 0 heterocycles. The largest absolute Gasteiger partial charge is 0.494 e. The second-order valence-electron chi connectivity index (χ2n) is 4.30. The van der Waals surface area contributed by atoms with E-state index < -0.39 is 0 Å². The molecular formula is C16H14Cl2O2. The Bertz CT molecular complexity index is 586. The van der Waals surface area contributed by atoms with Crippen molar-refractivity contribution in [2.75, 3.05) is 6.61 Å². The van der Waals surface area contributed by atoms with E-state index in [0.29, 0.717) is 27.8 Å². The quantitative estimate of drug-likeness (QED) is 0.725. The summed E-state index contributed by atoms with van der Waals surface area (Å²) in [6, 6.07) is 12.0. The fourth-order valence-corrected chi connectivity index (χ4v) is 2.35. The molecule has 0 radical (unpaired) electrons. The zero-order chi connectivity index (χ0) is 14.5. The lowest BCUT2D eigenvalue weighted by molar-refractivity contribution is 0.103. The van der Waals surface area contributed by atoms with E-state index >= 15 is 0 Å². The maximum absolute atomic E-state index is 12.4. The summed E-state index contributed by atoms with van der Waals surface area (Å²) in [6.45, 7) is 2.70. The molecule has 2 rings (SSSR count). The van der Waals surface area contributed by atoms with E-state index in [2.05, 4.69) is 0 Å². The van der Waals surface area contributed by atoms with E-state index in [-0.39, 0.29) is 5.78 Å². The number of carbonyl (C=O) groups excluding carboxylic acids is 1. The van der Waals surface area contributed by atoms with Crippen LogP contribution in [0.5, 0.6) is 5.75 Å². The third kappa shape index (κ3) is 3.33. The van der Waals surface area contributed by atoms with Crippen molar-refractivity contribution in [2.24, 2.45) is 0 Å². The summed E-state index contributed by atoms with van der Waals surface area (Å²) < 4.78 is 5.48. The Morgan fingerprint density at radius 2 is 1.65 bits per heavy atom. The van der Waals surface area contributed by atoms with E-state index in [1.807, 2.05) is 6.92 Å². The molecule has 0 aromatic heterocycles. The van der Waals surface area contributed by atoms with Gasteiger partial charge in [0.2, 0.25) is 0 Å². The van der Waals surface area contributed by atoms with E-state index in [1.165, 1.54) is 0 Å². The highest BCUT2D eigenvalue weighted by molar-refractivity contribution is 6.41. The van der Waals surface area contributed by atoms with Gasteiger partial charge in [-0.15, -0.1) is 0 Å². The number of hydrogen-bond donors (Lipinski definition) is 0. The van der Waals surface area contributed by atoms with Crippen LogP contribution in [-0.2, 0) is 0 Å². The summed E-state index contributed by atoms with van der Waals surface area (Å²) in [7, 11) is 0. The molecule has 0 unspecified atom stereocenters. The van der Waals surface area contributed by atoms with Crippen LogP contribution in [0.15, 0.2) is 42.5 Å². The lowest BCUT2D eigenvalue weighted by atomic mass is 10.0. The molecule has 0 aliphatic heterocycles. The Kier molecular flexibility index (Phi) is 5.05. The maximum atomic E-state index is 12.4. The van der Waals surface area contributed by atoms with Crippen LogP contribution < -0.4 is 4.74 Å². The molecule has 0 fully saturated rings. The van der Waals surface area contributed by atoms with Crippen LogP contribution in [0.3, 0.4) is 0 Å². The molecule has 0 N–H and O–H groups in total. The van der Waals surface area contributed by atoms with Gasteiger partial charge in [0.1, 0.15) is 5.75 Å². The smallest absolute Gasteiger partial charge is 0.196 e.